The lowest BCUT2D eigenvalue weighted by atomic mass is 9.77. The van der Waals surface area contributed by atoms with Crippen LogP contribution in [0.5, 0.6) is 0 Å². The van der Waals surface area contributed by atoms with E-state index in [1.54, 1.807) is 12.4 Å². The standard InChI is InChI=1S/C34H38BN3O4/c1-32(2,3)40-31(39)27(38-28(23-14-10-8-11-15-23)24-16-12-9-13-17-24)22-25-18-19-26(30-29(25)36-20-21-37-30)35-41-33(4,5)34(6,7)42-35/h8-21,27H,22H2,1-7H3/t27-/m0/s1. The summed E-state index contributed by atoms with van der Waals surface area (Å²) in [5.41, 5.74) is 3.87. The van der Waals surface area contributed by atoms with E-state index in [9.17, 15) is 4.79 Å². The molecule has 42 heavy (non-hydrogen) atoms. The van der Waals surface area contributed by atoms with Gasteiger partial charge in [-0.05, 0) is 54.0 Å². The first-order valence-electron chi connectivity index (χ1n) is 14.3. The highest BCUT2D eigenvalue weighted by molar-refractivity contribution is 6.64. The van der Waals surface area contributed by atoms with Gasteiger partial charge in [-0.3, -0.25) is 15.0 Å². The summed E-state index contributed by atoms with van der Waals surface area (Å²) in [7, 11) is -0.592. The predicted molar refractivity (Wildman–Crippen MR) is 167 cm³/mol. The zero-order valence-corrected chi connectivity index (χ0v) is 25.4. The van der Waals surface area contributed by atoms with Gasteiger partial charge in [-0.1, -0.05) is 72.8 Å². The second-order valence-corrected chi connectivity index (χ2v) is 12.6. The van der Waals surface area contributed by atoms with Gasteiger partial charge in [-0.15, -0.1) is 0 Å². The number of rotatable bonds is 7. The van der Waals surface area contributed by atoms with Crippen LogP contribution in [-0.4, -0.2) is 51.6 Å². The summed E-state index contributed by atoms with van der Waals surface area (Å²) < 4.78 is 18.6. The molecule has 1 saturated heterocycles. The van der Waals surface area contributed by atoms with Crippen molar-refractivity contribution in [2.24, 2.45) is 4.99 Å². The molecule has 2 heterocycles. The topological polar surface area (TPSA) is 82.9 Å². The minimum atomic E-state index is -0.826. The van der Waals surface area contributed by atoms with Crippen molar-refractivity contribution in [1.82, 2.24) is 9.97 Å². The van der Waals surface area contributed by atoms with Gasteiger partial charge in [0.05, 0.1) is 27.9 Å². The number of fused-ring (bicyclic) bond motifs is 1. The molecule has 1 aliphatic rings. The van der Waals surface area contributed by atoms with Gasteiger partial charge in [-0.2, -0.15) is 0 Å². The van der Waals surface area contributed by atoms with Crippen LogP contribution < -0.4 is 5.46 Å². The maximum Gasteiger partial charge on any atom is 0.497 e. The molecule has 1 aliphatic heterocycles. The van der Waals surface area contributed by atoms with Crippen LogP contribution in [0.1, 0.15) is 65.2 Å². The highest BCUT2D eigenvalue weighted by Gasteiger charge is 2.52. The molecule has 3 aromatic carbocycles. The highest BCUT2D eigenvalue weighted by Crippen LogP contribution is 2.37. The molecule has 216 valence electrons. The molecular formula is C34H38BN3O4. The fraction of sp³-hybridized carbons (Fsp3) is 0.353. The van der Waals surface area contributed by atoms with E-state index in [2.05, 4.69) is 4.98 Å². The normalized spacial score (nSPS) is 16.7. The zero-order valence-electron chi connectivity index (χ0n) is 25.4. The summed E-state index contributed by atoms with van der Waals surface area (Å²) in [6, 6.07) is 22.9. The first-order chi connectivity index (χ1) is 19.8. The predicted octanol–water partition coefficient (Wildman–Crippen LogP) is 5.72. The molecule has 1 atom stereocenters. The molecule has 0 aliphatic carbocycles. The smallest absolute Gasteiger partial charge is 0.458 e. The quantitative estimate of drug-likeness (QED) is 0.163. The first-order valence-corrected chi connectivity index (χ1v) is 14.3. The van der Waals surface area contributed by atoms with Gasteiger partial charge in [0.15, 0.2) is 6.04 Å². The molecule has 1 fully saturated rings. The van der Waals surface area contributed by atoms with E-state index in [-0.39, 0.29) is 6.42 Å². The third kappa shape index (κ3) is 6.30. The fourth-order valence-electron chi connectivity index (χ4n) is 4.88. The highest BCUT2D eigenvalue weighted by atomic mass is 16.7. The van der Waals surface area contributed by atoms with Crippen LogP contribution in [0.2, 0.25) is 0 Å². The van der Waals surface area contributed by atoms with Gasteiger partial charge in [0.2, 0.25) is 0 Å². The number of benzene rings is 3. The minimum absolute atomic E-state index is 0.275. The monoisotopic (exact) mass is 563 g/mol. The Morgan fingerprint density at radius 3 is 1.88 bits per heavy atom. The Hall–Kier alpha value is -3.88. The van der Waals surface area contributed by atoms with Gasteiger partial charge in [0.25, 0.3) is 0 Å². The maximum atomic E-state index is 13.7. The van der Waals surface area contributed by atoms with Crippen molar-refractivity contribution in [3.05, 3.63) is 102 Å². The summed E-state index contributed by atoms with van der Waals surface area (Å²) in [4.78, 5) is 28.2. The van der Waals surface area contributed by atoms with Crippen LogP contribution in [-0.2, 0) is 25.3 Å². The molecule has 5 rings (SSSR count). The number of nitrogens with zero attached hydrogens (tertiary/aromatic N) is 3. The summed E-state index contributed by atoms with van der Waals surface area (Å²) in [5, 5.41) is 0. The largest absolute Gasteiger partial charge is 0.497 e. The minimum Gasteiger partial charge on any atom is -0.458 e. The number of hydrogen-bond donors (Lipinski definition) is 0. The molecule has 7 nitrogen and oxygen atoms in total. The zero-order chi connectivity index (χ0) is 30.1. The Kier molecular flexibility index (Phi) is 8.05. The summed E-state index contributed by atoms with van der Waals surface area (Å²) in [6.45, 7) is 13.7. The molecule has 0 radical (unpaired) electrons. The van der Waals surface area contributed by atoms with Gasteiger partial charge in [-0.25, -0.2) is 4.79 Å². The first kappa shape index (κ1) is 29.6. The van der Waals surface area contributed by atoms with Crippen LogP contribution in [0.3, 0.4) is 0 Å². The number of hydrogen-bond acceptors (Lipinski definition) is 7. The van der Waals surface area contributed by atoms with Gasteiger partial charge in [0, 0.05) is 35.4 Å². The molecular weight excluding hydrogens is 525 g/mol. The number of esters is 1. The Morgan fingerprint density at radius 1 is 0.833 bits per heavy atom. The van der Waals surface area contributed by atoms with Crippen molar-refractivity contribution >= 4 is 35.3 Å². The van der Waals surface area contributed by atoms with E-state index in [4.69, 9.17) is 24.0 Å². The van der Waals surface area contributed by atoms with Crippen LogP contribution in [0.4, 0.5) is 0 Å². The van der Waals surface area contributed by atoms with Gasteiger partial charge >= 0.3 is 13.1 Å². The number of carbonyl (C=O) groups excluding carboxylic acids is 1. The molecule has 1 aromatic heterocycles. The van der Waals surface area contributed by atoms with Crippen LogP contribution in [0.15, 0.2) is 90.2 Å². The average Bonchev–Trinajstić information content (AvgIpc) is 3.17. The molecule has 0 N–H and O–H groups in total. The molecule has 0 spiro atoms. The van der Waals surface area contributed by atoms with E-state index in [1.165, 1.54) is 0 Å². The van der Waals surface area contributed by atoms with E-state index < -0.39 is 35.9 Å². The molecule has 8 heteroatoms. The van der Waals surface area contributed by atoms with Crippen molar-refractivity contribution in [3.8, 4) is 0 Å². The van der Waals surface area contributed by atoms with Crippen LogP contribution >= 0.6 is 0 Å². The molecule has 0 saturated carbocycles. The van der Waals surface area contributed by atoms with E-state index in [0.29, 0.717) is 11.0 Å². The maximum absolute atomic E-state index is 13.7. The lowest BCUT2D eigenvalue weighted by Crippen LogP contribution is -2.41. The van der Waals surface area contributed by atoms with Crippen molar-refractivity contribution in [2.75, 3.05) is 0 Å². The Bertz CT molecular complexity index is 1540. The Balaban J connectivity index is 1.59. The molecule has 4 aromatic rings. The molecule has 0 amide bonds. The third-order valence-corrected chi connectivity index (χ3v) is 7.72. The van der Waals surface area contributed by atoms with E-state index in [0.717, 1.165) is 27.9 Å². The Morgan fingerprint density at radius 2 is 1.36 bits per heavy atom. The summed E-state index contributed by atoms with van der Waals surface area (Å²) in [5.74, 6) is -0.404. The summed E-state index contributed by atoms with van der Waals surface area (Å²) in [6.07, 6.45) is 3.59. The molecule has 0 unspecified atom stereocenters. The van der Waals surface area contributed by atoms with E-state index in [1.807, 2.05) is 121 Å². The Labute approximate surface area is 248 Å². The third-order valence-electron chi connectivity index (χ3n) is 7.72. The van der Waals surface area contributed by atoms with Crippen molar-refractivity contribution < 1.29 is 18.8 Å². The van der Waals surface area contributed by atoms with Crippen molar-refractivity contribution in [2.45, 2.75) is 77.7 Å². The summed E-state index contributed by atoms with van der Waals surface area (Å²) >= 11 is 0. The van der Waals surface area contributed by atoms with Gasteiger partial charge in [0.1, 0.15) is 5.60 Å². The SMILES string of the molecule is CC(C)(C)OC(=O)[C@H](Cc1ccc(B2OC(C)(C)C(C)(C)O2)c2nccnc12)N=C(c1ccccc1)c1ccccc1. The molecule has 0 bridgehead atoms. The van der Waals surface area contributed by atoms with Crippen LogP contribution in [0.25, 0.3) is 11.0 Å². The lowest BCUT2D eigenvalue weighted by Gasteiger charge is -2.32. The number of aromatic nitrogens is 2. The number of ether oxygens (including phenoxy) is 1. The second-order valence-electron chi connectivity index (χ2n) is 12.6. The van der Waals surface area contributed by atoms with Crippen molar-refractivity contribution in [1.29, 1.82) is 0 Å². The lowest BCUT2D eigenvalue weighted by molar-refractivity contribution is -0.156. The average molecular weight is 564 g/mol. The van der Waals surface area contributed by atoms with Crippen LogP contribution in [0, 0.1) is 0 Å². The fourth-order valence-corrected chi connectivity index (χ4v) is 4.88. The number of aliphatic imine (C=N–C) groups is 1. The number of carbonyl (C=O) groups is 1. The second kappa shape index (κ2) is 11.4. The van der Waals surface area contributed by atoms with Crippen molar-refractivity contribution in [3.63, 3.8) is 0 Å². The van der Waals surface area contributed by atoms with Gasteiger partial charge < -0.3 is 14.0 Å². The van der Waals surface area contributed by atoms with E-state index >= 15 is 0 Å².